The number of pyridine rings is 1. The first-order valence-electron chi connectivity index (χ1n) is 8.63. The molecule has 7 nitrogen and oxygen atoms in total. The number of hydrogen-bond acceptors (Lipinski definition) is 6. The van der Waals surface area contributed by atoms with Crippen LogP contribution in [0.3, 0.4) is 0 Å². The molecule has 0 aliphatic rings. The highest BCUT2D eigenvalue weighted by atomic mass is 32.1. The van der Waals surface area contributed by atoms with E-state index < -0.39 is 22.5 Å². The number of rotatable bonds is 5. The SMILES string of the molecule is O=C(c1ccc([N+](=O)[O-])cc1)N(Cc1cccnc1)c1nc2c(F)cc(F)cc2s1. The second-order valence-electron chi connectivity index (χ2n) is 6.29. The lowest BCUT2D eigenvalue weighted by Gasteiger charge is -2.20. The van der Waals surface area contributed by atoms with Crippen LogP contribution in [-0.4, -0.2) is 20.8 Å². The molecule has 150 valence electrons. The number of amides is 1. The van der Waals surface area contributed by atoms with Crippen molar-refractivity contribution in [3.8, 4) is 0 Å². The van der Waals surface area contributed by atoms with Crippen molar-refractivity contribution < 1.29 is 18.5 Å². The predicted octanol–water partition coefficient (Wildman–Crippen LogP) is 4.72. The third-order valence-corrected chi connectivity index (χ3v) is 5.29. The van der Waals surface area contributed by atoms with Crippen molar-refractivity contribution in [2.45, 2.75) is 6.54 Å². The standard InChI is InChI=1S/C20H12F2N4O3S/c21-14-8-16(22)18-17(9-14)30-20(24-18)25(11-12-2-1-7-23-10-12)19(27)13-3-5-15(6-4-13)26(28)29/h1-10H,11H2. The van der Waals surface area contributed by atoms with Gasteiger partial charge in [0.05, 0.1) is 16.2 Å². The van der Waals surface area contributed by atoms with Gasteiger partial charge in [-0.3, -0.25) is 24.8 Å². The molecule has 0 fully saturated rings. The Labute approximate surface area is 172 Å². The number of halogens is 2. The van der Waals surface area contributed by atoms with Crippen LogP contribution in [-0.2, 0) is 6.54 Å². The molecule has 10 heteroatoms. The van der Waals surface area contributed by atoms with E-state index >= 15 is 0 Å². The molecule has 2 aromatic carbocycles. The van der Waals surface area contributed by atoms with Crippen molar-refractivity contribution in [1.29, 1.82) is 0 Å². The minimum Gasteiger partial charge on any atom is -0.279 e. The Balaban J connectivity index is 1.77. The van der Waals surface area contributed by atoms with Crippen molar-refractivity contribution in [3.05, 3.63) is 93.8 Å². The summed E-state index contributed by atoms with van der Waals surface area (Å²) >= 11 is 0.969. The number of thiazole rings is 1. The number of nitro benzene ring substituents is 1. The van der Waals surface area contributed by atoms with Gasteiger partial charge in [0.25, 0.3) is 11.6 Å². The molecular weight excluding hydrogens is 414 g/mol. The topological polar surface area (TPSA) is 89.2 Å². The highest BCUT2D eigenvalue weighted by molar-refractivity contribution is 7.22. The van der Waals surface area contributed by atoms with Gasteiger partial charge in [-0.1, -0.05) is 17.4 Å². The van der Waals surface area contributed by atoms with E-state index in [0.29, 0.717) is 5.56 Å². The van der Waals surface area contributed by atoms with Crippen LogP contribution in [0.4, 0.5) is 19.6 Å². The first-order chi connectivity index (χ1) is 14.4. The fraction of sp³-hybridized carbons (Fsp3) is 0.0500. The summed E-state index contributed by atoms with van der Waals surface area (Å²) in [6, 6.07) is 10.5. The number of anilines is 1. The summed E-state index contributed by atoms with van der Waals surface area (Å²) in [6.45, 7) is 0.0770. The normalized spacial score (nSPS) is 10.9. The maximum Gasteiger partial charge on any atom is 0.269 e. The van der Waals surface area contributed by atoms with E-state index in [2.05, 4.69) is 9.97 Å². The second-order valence-corrected chi connectivity index (χ2v) is 7.30. The van der Waals surface area contributed by atoms with Crippen LogP contribution in [0.15, 0.2) is 60.9 Å². The first kappa shape index (κ1) is 19.5. The van der Waals surface area contributed by atoms with Gasteiger partial charge < -0.3 is 0 Å². The van der Waals surface area contributed by atoms with Crippen molar-refractivity contribution in [2.24, 2.45) is 0 Å². The molecular formula is C20H12F2N4O3S. The number of fused-ring (bicyclic) bond motifs is 1. The number of carbonyl (C=O) groups is 1. The van der Waals surface area contributed by atoms with Gasteiger partial charge in [-0.05, 0) is 29.8 Å². The zero-order valence-corrected chi connectivity index (χ0v) is 16.0. The van der Waals surface area contributed by atoms with Crippen LogP contribution in [0, 0.1) is 21.7 Å². The summed E-state index contributed by atoms with van der Waals surface area (Å²) in [4.78, 5) is 33.0. The molecule has 0 unspecified atom stereocenters. The molecule has 0 aliphatic carbocycles. The molecule has 2 aromatic heterocycles. The summed E-state index contributed by atoms with van der Waals surface area (Å²) in [5, 5.41) is 11.0. The number of hydrogen-bond donors (Lipinski definition) is 0. The third-order valence-electron chi connectivity index (χ3n) is 4.27. The number of nitro groups is 1. The second kappa shape index (κ2) is 7.91. The average molecular weight is 426 g/mol. The molecule has 0 N–H and O–H groups in total. The van der Waals surface area contributed by atoms with Gasteiger partial charge >= 0.3 is 0 Å². The minimum absolute atomic E-state index is 0.0379. The van der Waals surface area contributed by atoms with Crippen LogP contribution in [0.5, 0.6) is 0 Å². The van der Waals surface area contributed by atoms with Gasteiger partial charge in [-0.25, -0.2) is 13.8 Å². The van der Waals surface area contributed by atoms with E-state index in [1.807, 2.05) is 0 Å². The van der Waals surface area contributed by atoms with E-state index in [0.717, 1.165) is 23.5 Å². The largest absolute Gasteiger partial charge is 0.279 e. The maximum absolute atomic E-state index is 14.1. The fourth-order valence-electron chi connectivity index (χ4n) is 2.84. The molecule has 0 radical (unpaired) electrons. The smallest absolute Gasteiger partial charge is 0.269 e. The molecule has 0 bridgehead atoms. The van der Waals surface area contributed by atoms with E-state index in [1.54, 1.807) is 24.5 Å². The summed E-state index contributed by atoms with van der Waals surface area (Å²) in [6.07, 6.45) is 3.16. The first-order valence-corrected chi connectivity index (χ1v) is 9.45. The summed E-state index contributed by atoms with van der Waals surface area (Å²) in [7, 11) is 0. The molecule has 1 amide bonds. The lowest BCUT2D eigenvalue weighted by molar-refractivity contribution is -0.384. The lowest BCUT2D eigenvalue weighted by Crippen LogP contribution is -2.30. The predicted molar refractivity (Wildman–Crippen MR) is 107 cm³/mol. The monoisotopic (exact) mass is 426 g/mol. The van der Waals surface area contributed by atoms with Gasteiger partial charge in [0.1, 0.15) is 11.3 Å². The van der Waals surface area contributed by atoms with Crippen molar-refractivity contribution in [3.63, 3.8) is 0 Å². The van der Waals surface area contributed by atoms with Gasteiger partial charge in [0.2, 0.25) is 0 Å². The maximum atomic E-state index is 14.1. The van der Waals surface area contributed by atoms with E-state index in [-0.39, 0.29) is 33.1 Å². The number of benzene rings is 2. The van der Waals surface area contributed by atoms with Crippen LogP contribution >= 0.6 is 11.3 Å². The van der Waals surface area contributed by atoms with Crippen molar-refractivity contribution >= 4 is 38.3 Å². The Bertz CT molecular complexity index is 1250. The van der Waals surface area contributed by atoms with Crippen molar-refractivity contribution in [2.75, 3.05) is 4.90 Å². The molecule has 0 saturated heterocycles. The summed E-state index contributed by atoms with van der Waals surface area (Å²) < 4.78 is 28.0. The molecule has 0 atom stereocenters. The van der Waals surface area contributed by atoms with Crippen LogP contribution in [0.2, 0.25) is 0 Å². The highest BCUT2D eigenvalue weighted by Crippen LogP contribution is 2.33. The Morgan fingerprint density at radius 2 is 1.93 bits per heavy atom. The van der Waals surface area contributed by atoms with Crippen molar-refractivity contribution in [1.82, 2.24) is 9.97 Å². The van der Waals surface area contributed by atoms with Crippen LogP contribution < -0.4 is 4.90 Å². The molecule has 30 heavy (non-hydrogen) atoms. The Morgan fingerprint density at radius 3 is 2.60 bits per heavy atom. The highest BCUT2D eigenvalue weighted by Gasteiger charge is 2.23. The molecule has 4 rings (SSSR count). The van der Waals surface area contributed by atoms with E-state index in [4.69, 9.17) is 0 Å². The Kier molecular flexibility index (Phi) is 5.15. The Morgan fingerprint density at radius 1 is 1.17 bits per heavy atom. The Hall–Kier alpha value is -3.79. The third kappa shape index (κ3) is 3.85. The van der Waals surface area contributed by atoms with E-state index in [1.165, 1.54) is 29.2 Å². The van der Waals surface area contributed by atoms with Gasteiger partial charge in [-0.15, -0.1) is 0 Å². The molecule has 0 spiro atoms. The number of nitrogens with zero attached hydrogens (tertiary/aromatic N) is 4. The molecule has 4 aromatic rings. The average Bonchev–Trinajstić information content (AvgIpc) is 3.16. The number of aromatic nitrogens is 2. The van der Waals surface area contributed by atoms with Gasteiger partial charge in [-0.2, -0.15) is 0 Å². The molecule has 2 heterocycles. The number of non-ortho nitro benzene ring substituents is 1. The molecule has 0 aliphatic heterocycles. The zero-order chi connectivity index (χ0) is 21.3. The molecule has 0 saturated carbocycles. The lowest BCUT2D eigenvalue weighted by atomic mass is 10.1. The van der Waals surface area contributed by atoms with Crippen LogP contribution in [0.25, 0.3) is 10.2 Å². The fourth-order valence-corrected chi connectivity index (χ4v) is 3.85. The minimum atomic E-state index is -0.823. The van der Waals surface area contributed by atoms with Crippen LogP contribution in [0.1, 0.15) is 15.9 Å². The van der Waals surface area contributed by atoms with Gasteiger partial charge in [0, 0.05) is 36.2 Å². The number of carbonyl (C=O) groups excluding carboxylic acids is 1. The van der Waals surface area contributed by atoms with Gasteiger partial charge in [0.15, 0.2) is 10.9 Å². The zero-order valence-electron chi connectivity index (χ0n) is 15.2. The van der Waals surface area contributed by atoms with E-state index in [9.17, 15) is 23.7 Å². The quantitative estimate of drug-likeness (QED) is 0.340. The summed E-state index contributed by atoms with van der Waals surface area (Å²) in [5.74, 6) is -2.05. The summed E-state index contributed by atoms with van der Waals surface area (Å²) in [5.41, 5.74) is 0.695.